The maximum Gasteiger partial charge on any atom is 0.243 e. The molecule has 0 amide bonds. The Morgan fingerprint density at radius 2 is 1.79 bits per heavy atom. The van der Waals surface area contributed by atoms with Crippen LogP contribution in [0.1, 0.15) is 16.3 Å². The Labute approximate surface area is 148 Å². The van der Waals surface area contributed by atoms with Crippen molar-refractivity contribution in [2.24, 2.45) is 5.10 Å². The van der Waals surface area contributed by atoms with Gasteiger partial charge in [-0.05, 0) is 32.0 Å². The summed E-state index contributed by atoms with van der Waals surface area (Å²) in [6.07, 6.45) is 1.61. The molecule has 0 bridgehead atoms. The summed E-state index contributed by atoms with van der Waals surface area (Å²) in [5.74, 6) is 0.451. The molecule has 2 heterocycles. The van der Waals surface area contributed by atoms with E-state index in [1.54, 1.807) is 6.21 Å². The molecule has 3 aromatic rings. The van der Waals surface area contributed by atoms with Gasteiger partial charge in [-0.25, -0.2) is 20.4 Å². The van der Waals surface area contributed by atoms with Crippen LogP contribution in [0, 0.1) is 13.8 Å². The molecular weight excluding hydrogens is 344 g/mol. The van der Waals surface area contributed by atoms with Gasteiger partial charge in [0.15, 0.2) is 10.3 Å². The number of hydrogen-bond donors (Lipinski definition) is 2. The molecule has 2 N–H and O–H groups in total. The number of rotatable bonds is 5. The highest BCUT2D eigenvalue weighted by molar-refractivity contribution is 7.17. The van der Waals surface area contributed by atoms with Gasteiger partial charge in [0.05, 0.1) is 11.1 Å². The Hall–Kier alpha value is -2.51. The second-order valence-corrected chi connectivity index (χ2v) is 6.40. The van der Waals surface area contributed by atoms with Crippen LogP contribution in [0.4, 0.5) is 16.8 Å². The Kier molecular flexibility index (Phi) is 5.02. The van der Waals surface area contributed by atoms with Crippen molar-refractivity contribution in [3.05, 3.63) is 57.8 Å². The van der Waals surface area contributed by atoms with Gasteiger partial charge < -0.3 is 5.32 Å². The molecule has 0 atom stereocenters. The van der Waals surface area contributed by atoms with E-state index in [1.807, 2.05) is 50.2 Å². The third-order valence-corrected chi connectivity index (χ3v) is 4.27. The van der Waals surface area contributed by atoms with Gasteiger partial charge in [-0.1, -0.05) is 41.1 Å². The van der Waals surface area contributed by atoms with E-state index in [-0.39, 0.29) is 0 Å². The molecule has 1 aromatic carbocycles. The summed E-state index contributed by atoms with van der Waals surface area (Å²) in [6.45, 7) is 3.82. The topological polar surface area (TPSA) is 75.1 Å². The molecule has 0 saturated carbocycles. The minimum absolute atomic E-state index is 0.394. The van der Waals surface area contributed by atoms with E-state index in [0.29, 0.717) is 16.2 Å². The number of anilines is 3. The maximum absolute atomic E-state index is 6.15. The second kappa shape index (κ2) is 7.37. The molecule has 0 spiro atoms. The minimum Gasteiger partial charge on any atom is -0.331 e. The molecule has 0 aliphatic heterocycles. The van der Waals surface area contributed by atoms with E-state index in [4.69, 9.17) is 11.6 Å². The fraction of sp³-hybridized carbons (Fsp3) is 0.125. The standard InChI is InChI=1S/C16H15ClN6S/c1-10-8-11(2)20-15(19-10)23-18-9-13-14(17)22-16(24-13)21-12-6-4-3-5-7-12/h3-9H,1-2H3,(H,21,22)(H,19,20,23). The largest absolute Gasteiger partial charge is 0.331 e. The Morgan fingerprint density at radius 3 is 2.50 bits per heavy atom. The number of aromatic nitrogens is 3. The monoisotopic (exact) mass is 358 g/mol. The lowest BCUT2D eigenvalue weighted by Gasteiger charge is -2.01. The zero-order valence-corrected chi connectivity index (χ0v) is 14.7. The van der Waals surface area contributed by atoms with Crippen LogP contribution in [0.5, 0.6) is 0 Å². The molecule has 0 aliphatic carbocycles. The van der Waals surface area contributed by atoms with Crippen LogP contribution in [0.2, 0.25) is 5.15 Å². The quantitative estimate of drug-likeness (QED) is 0.522. The number of para-hydroxylation sites is 1. The molecular formula is C16H15ClN6S. The first-order chi connectivity index (χ1) is 11.6. The van der Waals surface area contributed by atoms with Crippen LogP contribution in [0.3, 0.4) is 0 Å². The van der Waals surface area contributed by atoms with Crippen LogP contribution in [0.25, 0.3) is 0 Å². The van der Waals surface area contributed by atoms with E-state index in [1.165, 1.54) is 11.3 Å². The van der Waals surface area contributed by atoms with Gasteiger partial charge in [0, 0.05) is 17.1 Å². The van der Waals surface area contributed by atoms with Crippen molar-refractivity contribution < 1.29 is 0 Å². The highest BCUT2D eigenvalue weighted by Crippen LogP contribution is 2.27. The second-order valence-electron chi connectivity index (χ2n) is 5.01. The van der Waals surface area contributed by atoms with Crippen molar-refractivity contribution in [2.75, 3.05) is 10.7 Å². The molecule has 8 heteroatoms. The summed E-state index contributed by atoms with van der Waals surface area (Å²) < 4.78 is 0. The molecule has 0 aliphatic rings. The summed E-state index contributed by atoms with van der Waals surface area (Å²) >= 11 is 7.56. The maximum atomic E-state index is 6.15. The number of hydrazone groups is 1. The van der Waals surface area contributed by atoms with Gasteiger partial charge in [0.25, 0.3) is 0 Å². The number of halogens is 1. The van der Waals surface area contributed by atoms with Crippen LogP contribution < -0.4 is 10.7 Å². The van der Waals surface area contributed by atoms with E-state index in [0.717, 1.165) is 22.0 Å². The highest BCUT2D eigenvalue weighted by Gasteiger charge is 2.07. The fourth-order valence-electron chi connectivity index (χ4n) is 2.02. The van der Waals surface area contributed by atoms with Crippen molar-refractivity contribution in [3.8, 4) is 0 Å². The summed E-state index contributed by atoms with van der Waals surface area (Å²) in [5, 5.41) is 8.44. The van der Waals surface area contributed by atoms with Crippen molar-refractivity contribution in [1.82, 2.24) is 15.0 Å². The zero-order valence-electron chi connectivity index (χ0n) is 13.1. The van der Waals surface area contributed by atoms with Crippen LogP contribution in [0.15, 0.2) is 41.5 Å². The zero-order chi connectivity index (χ0) is 16.9. The predicted octanol–water partition coefficient (Wildman–Crippen LogP) is 4.39. The molecule has 2 aromatic heterocycles. The van der Waals surface area contributed by atoms with Crippen molar-refractivity contribution >= 4 is 45.9 Å². The fourth-order valence-corrected chi connectivity index (χ4v) is 3.06. The van der Waals surface area contributed by atoms with Crippen molar-refractivity contribution in [1.29, 1.82) is 0 Å². The lowest BCUT2D eigenvalue weighted by atomic mass is 10.3. The van der Waals surface area contributed by atoms with Gasteiger partial charge in [-0.3, -0.25) is 0 Å². The Morgan fingerprint density at radius 1 is 1.08 bits per heavy atom. The van der Waals surface area contributed by atoms with E-state index in [9.17, 15) is 0 Å². The minimum atomic E-state index is 0.394. The average molecular weight is 359 g/mol. The van der Waals surface area contributed by atoms with Crippen LogP contribution >= 0.6 is 22.9 Å². The predicted molar refractivity (Wildman–Crippen MR) is 99.6 cm³/mol. The molecule has 6 nitrogen and oxygen atoms in total. The molecule has 24 heavy (non-hydrogen) atoms. The first kappa shape index (κ1) is 16.4. The molecule has 0 saturated heterocycles. The van der Waals surface area contributed by atoms with E-state index < -0.39 is 0 Å². The number of benzene rings is 1. The molecule has 122 valence electrons. The van der Waals surface area contributed by atoms with Crippen LogP contribution in [-0.2, 0) is 0 Å². The highest BCUT2D eigenvalue weighted by atomic mass is 35.5. The first-order valence-corrected chi connectivity index (χ1v) is 8.39. The van der Waals surface area contributed by atoms with E-state index >= 15 is 0 Å². The van der Waals surface area contributed by atoms with Gasteiger partial charge in [-0.15, -0.1) is 0 Å². The smallest absolute Gasteiger partial charge is 0.243 e. The lowest BCUT2D eigenvalue weighted by molar-refractivity contribution is 1.04. The number of thiazole rings is 1. The van der Waals surface area contributed by atoms with Gasteiger partial charge >= 0.3 is 0 Å². The third-order valence-electron chi connectivity index (χ3n) is 2.96. The van der Waals surface area contributed by atoms with Gasteiger partial charge in [0.2, 0.25) is 5.95 Å². The molecule has 0 fully saturated rings. The Balaban J connectivity index is 1.69. The number of nitrogens with one attached hydrogen (secondary N) is 2. The van der Waals surface area contributed by atoms with Crippen molar-refractivity contribution in [2.45, 2.75) is 13.8 Å². The summed E-state index contributed by atoms with van der Waals surface area (Å²) in [6, 6.07) is 11.7. The summed E-state index contributed by atoms with van der Waals surface area (Å²) in [4.78, 5) is 13.5. The number of hydrogen-bond acceptors (Lipinski definition) is 7. The third kappa shape index (κ3) is 4.27. The SMILES string of the molecule is Cc1cc(C)nc(NN=Cc2sc(Nc3ccccc3)nc2Cl)n1. The first-order valence-electron chi connectivity index (χ1n) is 7.20. The molecule has 0 unspecified atom stereocenters. The number of nitrogens with zero attached hydrogens (tertiary/aromatic N) is 4. The summed E-state index contributed by atoms with van der Waals surface area (Å²) in [7, 11) is 0. The van der Waals surface area contributed by atoms with Gasteiger partial charge in [0.1, 0.15) is 0 Å². The van der Waals surface area contributed by atoms with Crippen molar-refractivity contribution in [3.63, 3.8) is 0 Å². The lowest BCUT2D eigenvalue weighted by Crippen LogP contribution is -1.99. The molecule has 3 rings (SSSR count). The van der Waals surface area contributed by atoms with Crippen LogP contribution in [-0.4, -0.2) is 21.2 Å². The normalized spacial score (nSPS) is 11.0. The summed E-state index contributed by atoms with van der Waals surface area (Å²) in [5.41, 5.74) is 5.52. The molecule has 0 radical (unpaired) electrons. The number of aryl methyl sites for hydroxylation is 2. The van der Waals surface area contributed by atoms with E-state index in [2.05, 4.69) is 30.8 Å². The van der Waals surface area contributed by atoms with Gasteiger partial charge in [-0.2, -0.15) is 5.10 Å². The average Bonchev–Trinajstić information content (AvgIpc) is 2.87. The Bertz CT molecular complexity index is 842.